The maximum Gasteiger partial charge on any atom is 0.408 e. The smallest absolute Gasteiger partial charge is 0.408 e. The summed E-state index contributed by atoms with van der Waals surface area (Å²) in [5.41, 5.74) is 0.375. The van der Waals surface area contributed by atoms with Crippen LogP contribution < -0.4 is 5.32 Å². The number of alkyl halides is 1. The minimum atomic E-state index is -0.856. The van der Waals surface area contributed by atoms with Crippen LogP contribution in [0.4, 0.5) is 13.6 Å². The van der Waals surface area contributed by atoms with E-state index >= 15 is 0 Å². The standard InChI is InChI=1S/C17H22F2N2O3/c1-17(2,3)24-16(23)20-13(9-18)10-21-7-6-11-8-12(19)4-5-14(11)15(21)22/h4-5,8,13H,6-7,9-10H2,1-3H3,(H,20,23)/t13-/m1/s1. The fraction of sp³-hybridized carbons (Fsp3) is 0.529. The van der Waals surface area contributed by atoms with E-state index in [9.17, 15) is 18.4 Å². The Bertz CT molecular complexity index is 629. The van der Waals surface area contributed by atoms with E-state index in [0.29, 0.717) is 24.1 Å². The Kier molecular flexibility index (Phi) is 5.41. The molecule has 1 N–H and O–H groups in total. The quantitative estimate of drug-likeness (QED) is 0.917. The van der Waals surface area contributed by atoms with Crippen LogP contribution in [-0.4, -0.2) is 48.3 Å². The van der Waals surface area contributed by atoms with Gasteiger partial charge >= 0.3 is 6.09 Å². The lowest BCUT2D eigenvalue weighted by Gasteiger charge is -2.31. The molecule has 132 valence electrons. The summed E-state index contributed by atoms with van der Waals surface area (Å²) in [6.07, 6.45) is -0.235. The molecule has 24 heavy (non-hydrogen) atoms. The molecule has 2 amide bonds. The second-order valence-corrected chi connectivity index (χ2v) is 6.80. The molecule has 1 aromatic rings. The van der Waals surface area contributed by atoms with Crippen molar-refractivity contribution in [2.75, 3.05) is 19.8 Å². The van der Waals surface area contributed by atoms with Gasteiger partial charge in [-0.15, -0.1) is 0 Å². The summed E-state index contributed by atoms with van der Waals surface area (Å²) in [7, 11) is 0. The minimum Gasteiger partial charge on any atom is -0.444 e. The first-order chi connectivity index (χ1) is 11.2. The first-order valence-corrected chi connectivity index (χ1v) is 7.83. The maximum absolute atomic E-state index is 13.2. The van der Waals surface area contributed by atoms with Crippen molar-refractivity contribution < 1.29 is 23.1 Å². The van der Waals surface area contributed by atoms with Gasteiger partial charge < -0.3 is 15.0 Å². The SMILES string of the molecule is CC(C)(C)OC(=O)N[C@H](CF)CN1CCc2cc(F)ccc2C1=O. The molecule has 1 aliphatic heterocycles. The Morgan fingerprint density at radius 1 is 1.42 bits per heavy atom. The van der Waals surface area contributed by atoms with Crippen LogP contribution in [0.3, 0.4) is 0 Å². The molecule has 7 heteroatoms. The fourth-order valence-electron chi connectivity index (χ4n) is 2.55. The lowest BCUT2D eigenvalue weighted by Crippen LogP contribution is -2.50. The van der Waals surface area contributed by atoms with Gasteiger partial charge in [0.25, 0.3) is 5.91 Å². The number of benzene rings is 1. The van der Waals surface area contributed by atoms with E-state index in [1.165, 1.54) is 23.1 Å². The van der Waals surface area contributed by atoms with Crippen LogP contribution in [-0.2, 0) is 11.2 Å². The van der Waals surface area contributed by atoms with Crippen LogP contribution in [0, 0.1) is 5.82 Å². The van der Waals surface area contributed by atoms with E-state index in [2.05, 4.69) is 5.32 Å². The molecule has 0 saturated heterocycles. The van der Waals surface area contributed by atoms with Crippen LogP contribution >= 0.6 is 0 Å². The van der Waals surface area contributed by atoms with Gasteiger partial charge in [0.1, 0.15) is 18.1 Å². The van der Waals surface area contributed by atoms with E-state index in [-0.39, 0.29) is 18.3 Å². The van der Waals surface area contributed by atoms with E-state index in [1.54, 1.807) is 20.8 Å². The Hall–Kier alpha value is -2.18. The number of carbonyl (C=O) groups excluding carboxylic acids is 2. The molecule has 0 spiro atoms. The predicted octanol–water partition coefficient (Wildman–Crippen LogP) is 2.69. The van der Waals surface area contributed by atoms with Crippen LogP contribution in [0.15, 0.2) is 18.2 Å². The first kappa shape index (κ1) is 18.2. The highest BCUT2D eigenvalue weighted by molar-refractivity contribution is 5.96. The normalized spacial score (nSPS) is 15.7. The van der Waals surface area contributed by atoms with E-state index < -0.39 is 24.4 Å². The minimum absolute atomic E-state index is 0.0331. The van der Waals surface area contributed by atoms with E-state index in [0.717, 1.165) is 0 Å². The van der Waals surface area contributed by atoms with Crippen LogP contribution in [0.1, 0.15) is 36.7 Å². The summed E-state index contributed by atoms with van der Waals surface area (Å²) in [6.45, 7) is 4.69. The van der Waals surface area contributed by atoms with E-state index in [4.69, 9.17) is 4.74 Å². The van der Waals surface area contributed by atoms with Crippen molar-refractivity contribution in [3.8, 4) is 0 Å². The van der Waals surface area contributed by atoms with Crippen molar-refractivity contribution in [1.82, 2.24) is 10.2 Å². The van der Waals surface area contributed by atoms with Gasteiger partial charge in [-0.25, -0.2) is 13.6 Å². The van der Waals surface area contributed by atoms with Crippen LogP contribution in [0.5, 0.6) is 0 Å². The third-order valence-electron chi connectivity index (χ3n) is 3.58. The number of nitrogens with one attached hydrogen (secondary N) is 1. The first-order valence-electron chi connectivity index (χ1n) is 7.83. The fourth-order valence-corrected chi connectivity index (χ4v) is 2.55. The van der Waals surface area contributed by atoms with Gasteiger partial charge in [-0.2, -0.15) is 0 Å². The second kappa shape index (κ2) is 7.15. The number of amides is 2. The van der Waals surface area contributed by atoms with Gasteiger partial charge in [0, 0.05) is 18.7 Å². The highest BCUT2D eigenvalue weighted by atomic mass is 19.1. The number of carbonyl (C=O) groups is 2. The third-order valence-corrected chi connectivity index (χ3v) is 3.58. The summed E-state index contributed by atoms with van der Waals surface area (Å²) < 4.78 is 31.5. The van der Waals surface area contributed by atoms with Gasteiger partial charge in [0.05, 0.1) is 6.04 Å². The number of nitrogens with zero attached hydrogens (tertiary/aromatic N) is 1. The monoisotopic (exact) mass is 340 g/mol. The Balaban J connectivity index is 2.00. The molecule has 0 bridgehead atoms. The molecule has 1 aromatic carbocycles. The van der Waals surface area contributed by atoms with Gasteiger partial charge in [-0.05, 0) is 51.0 Å². The van der Waals surface area contributed by atoms with Crippen LogP contribution in [0.25, 0.3) is 0 Å². The Morgan fingerprint density at radius 2 is 2.12 bits per heavy atom. The Labute approximate surface area is 140 Å². The van der Waals surface area contributed by atoms with Crippen molar-refractivity contribution in [3.63, 3.8) is 0 Å². The molecule has 5 nitrogen and oxygen atoms in total. The number of ether oxygens (including phenoxy) is 1. The highest BCUT2D eigenvalue weighted by Crippen LogP contribution is 2.20. The maximum atomic E-state index is 13.2. The highest BCUT2D eigenvalue weighted by Gasteiger charge is 2.28. The molecule has 1 aliphatic rings. The predicted molar refractivity (Wildman–Crippen MR) is 85.1 cm³/mol. The van der Waals surface area contributed by atoms with E-state index in [1.807, 2.05) is 0 Å². The molecule has 0 radical (unpaired) electrons. The summed E-state index contributed by atoms with van der Waals surface area (Å²) in [5.74, 6) is -0.677. The lowest BCUT2D eigenvalue weighted by atomic mass is 9.98. The summed E-state index contributed by atoms with van der Waals surface area (Å²) >= 11 is 0. The molecule has 2 rings (SSSR count). The van der Waals surface area contributed by atoms with Crippen molar-refractivity contribution in [2.45, 2.75) is 38.8 Å². The summed E-state index contributed by atoms with van der Waals surface area (Å²) in [4.78, 5) is 25.6. The number of alkyl carbamates (subject to hydrolysis) is 1. The van der Waals surface area contributed by atoms with Gasteiger partial charge in [0.2, 0.25) is 0 Å². The van der Waals surface area contributed by atoms with Gasteiger partial charge in [0.15, 0.2) is 0 Å². The van der Waals surface area contributed by atoms with Crippen molar-refractivity contribution in [2.24, 2.45) is 0 Å². The van der Waals surface area contributed by atoms with Crippen molar-refractivity contribution >= 4 is 12.0 Å². The average molecular weight is 340 g/mol. The summed E-state index contributed by atoms with van der Waals surface area (Å²) in [6, 6.07) is 3.15. The largest absolute Gasteiger partial charge is 0.444 e. The lowest BCUT2D eigenvalue weighted by molar-refractivity contribution is 0.0466. The number of hydrogen-bond acceptors (Lipinski definition) is 3. The number of rotatable bonds is 4. The number of hydrogen-bond donors (Lipinski definition) is 1. The number of halogens is 2. The average Bonchev–Trinajstić information content (AvgIpc) is 2.47. The molecule has 0 aromatic heterocycles. The van der Waals surface area contributed by atoms with Gasteiger partial charge in [-0.3, -0.25) is 4.79 Å². The molecule has 0 aliphatic carbocycles. The Morgan fingerprint density at radius 3 is 2.75 bits per heavy atom. The molecule has 1 heterocycles. The van der Waals surface area contributed by atoms with Gasteiger partial charge in [-0.1, -0.05) is 0 Å². The molecular formula is C17H22F2N2O3. The molecule has 0 unspecified atom stereocenters. The third kappa shape index (κ3) is 4.66. The topological polar surface area (TPSA) is 58.6 Å². The van der Waals surface area contributed by atoms with Crippen LogP contribution in [0.2, 0.25) is 0 Å². The second-order valence-electron chi connectivity index (χ2n) is 6.80. The van der Waals surface area contributed by atoms with Crippen molar-refractivity contribution in [3.05, 3.63) is 35.1 Å². The number of fused-ring (bicyclic) bond motifs is 1. The zero-order valence-corrected chi connectivity index (χ0v) is 14.1. The molecular weight excluding hydrogens is 318 g/mol. The molecule has 1 atom stereocenters. The molecule has 0 saturated carbocycles. The summed E-state index contributed by atoms with van der Waals surface area (Å²) in [5, 5.41) is 2.43. The zero-order valence-electron chi connectivity index (χ0n) is 14.1. The molecule has 0 fully saturated rings. The van der Waals surface area contributed by atoms with Crippen molar-refractivity contribution in [1.29, 1.82) is 0 Å². The zero-order chi connectivity index (χ0) is 17.9.